The van der Waals surface area contributed by atoms with Crippen molar-refractivity contribution < 1.29 is 9.53 Å². The lowest BCUT2D eigenvalue weighted by Gasteiger charge is -2.34. The molecule has 0 aliphatic rings. The van der Waals surface area contributed by atoms with Crippen molar-refractivity contribution in [1.82, 2.24) is 16.0 Å². The summed E-state index contributed by atoms with van der Waals surface area (Å²) in [7, 11) is 1.75. The SMILES string of the molecule is CCC(C)NC(=NC)NCC(CC)(CC)NC(=O)OC(C)(C)C.I. The highest BCUT2D eigenvalue weighted by atomic mass is 127. The lowest BCUT2D eigenvalue weighted by Crippen LogP contribution is -2.57. The summed E-state index contributed by atoms with van der Waals surface area (Å²) in [5, 5.41) is 9.66. The maximum Gasteiger partial charge on any atom is 0.408 e. The highest BCUT2D eigenvalue weighted by Crippen LogP contribution is 2.16. The van der Waals surface area contributed by atoms with Gasteiger partial charge in [-0.15, -0.1) is 24.0 Å². The van der Waals surface area contributed by atoms with E-state index in [1.165, 1.54) is 0 Å². The molecule has 0 aromatic heterocycles. The molecular weight excluding hydrogens is 419 g/mol. The number of carbonyl (C=O) groups is 1. The molecule has 0 bridgehead atoms. The number of nitrogens with zero attached hydrogens (tertiary/aromatic N) is 1. The summed E-state index contributed by atoms with van der Waals surface area (Å²) in [4.78, 5) is 16.4. The van der Waals surface area contributed by atoms with Gasteiger partial charge in [0, 0.05) is 19.6 Å². The molecule has 1 amide bonds. The normalized spacial score (nSPS) is 13.6. The summed E-state index contributed by atoms with van der Waals surface area (Å²) >= 11 is 0. The Hall–Kier alpha value is -0.730. The van der Waals surface area contributed by atoms with Gasteiger partial charge in [-0.25, -0.2) is 4.79 Å². The Morgan fingerprint density at radius 2 is 1.71 bits per heavy atom. The van der Waals surface area contributed by atoms with Crippen molar-refractivity contribution in [2.24, 2.45) is 4.99 Å². The number of carbonyl (C=O) groups excluding carboxylic acids is 1. The van der Waals surface area contributed by atoms with Gasteiger partial charge in [-0.1, -0.05) is 20.8 Å². The van der Waals surface area contributed by atoms with Crippen LogP contribution in [0.2, 0.25) is 0 Å². The largest absolute Gasteiger partial charge is 0.444 e. The lowest BCUT2D eigenvalue weighted by atomic mass is 9.93. The van der Waals surface area contributed by atoms with Crippen LogP contribution in [0.3, 0.4) is 0 Å². The average Bonchev–Trinajstić information content (AvgIpc) is 2.47. The van der Waals surface area contributed by atoms with Crippen LogP contribution in [-0.2, 0) is 4.74 Å². The molecule has 0 rings (SSSR count). The zero-order valence-corrected chi connectivity index (χ0v) is 18.9. The molecule has 3 N–H and O–H groups in total. The summed E-state index contributed by atoms with van der Waals surface area (Å²) in [5.41, 5.74) is -0.867. The van der Waals surface area contributed by atoms with Gasteiger partial charge in [-0.2, -0.15) is 0 Å². The minimum Gasteiger partial charge on any atom is -0.444 e. The Morgan fingerprint density at radius 3 is 2.08 bits per heavy atom. The van der Waals surface area contributed by atoms with Gasteiger partial charge in [-0.05, 0) is 47.0 Å². The first kappa shape index (κ1) is 25.5. The van der Waals surface area contributed by atoms with Crippen LogP contribution in [0.1, 0.15) is 67.7 Å². The molecule has 0 saturated carbocycles. The van der Waals surface area contributed by atoms with Gasteiger partial charge in [0.1, 0.15) is 5.60 Å². The molecule has 6 nitrogen and oxygen atoms in total. The molecule has 1 atom stereocenters. The van der Waals surface area contributed by atoms with E-state index in [0.29, 0.717) is 12.6 Å². The van der Waals surface area contributed by atoms with Crippen molar-refractivity contribution in [3.8, 4) is 0 Å². The highest BCUT2D eigenvalue weighted by Gasteiger charge is 2.30. The third-order valence-corrected chi connectivity index (χ3v) is 3.93. The van der Waals surface area contributed by atoms with E-state index in [0.717, 1.165) is 25.2 Å². The predicted molar refractivity (Wildman–Crippen MR) is 112 cm³/mol. The van der Waals surface area contributed by atoms with Gasteiger partial charge in [0.25, 0.3) is 0 Å². The van der Waals surface area contributed by atoms with Crippen molar-refractivity contribution in [3.63, 3.8) is 0 Å². The number of hydrogen-bond acceptors (Lipinski definition) is 3. The molecule has 0 fully saturated rings. The number of alkyl carbamates (subject to hydrolysis) is 1. The van der Waals surface area contributed by atoms with Crippen LogP contribution in [0.25, 0.3) is 0 Å². The summed E-state index contributed by atoms with van der Waals surface area (Å²) in [6.45, 7) is 14.5. The summed E-state index contributed by atoms with van der Waals surface area (Å²) in [5.74, 6) is 0.747. The van der Waals surface area contributed by atoms with Crippen LogP contribution in [0, 0.1) is 0 Å². The fourth-order valence-corrected chi connectivity index (χ4v) is 2.02. The number of ether oxygens (including phenoxy) is 1. The number of guanidine groups is 1. The predicted octanol–water partition coefficient (Wildman–Crippen LogP) is 3.65. The molecular formula is C17H37IN4O2. The molecule has 0 aliphatic carbocycles. The molecule has 0 aromatic rings. The van der Waals surface area contributed by atoms with Crippen molar-refractivity contribution in [1.29, 1.82) is 0 Å². The summed E-state index contributed by atoms with van der Waals surface area (Å²) in [6.07, 6.45) is 2.24. The maximum atomic E-state index is 12.1. The van der Waals surface area contributed by atoms with E-state index < -0.39 is 5.60 Å². The molecule has 0 radical (unpaired) electrons. The first-order chi connectivity index (χ1) is 10.6. The zero-order chi connectivity index (χ0) is 18.1. The number of rotatable bonds is 7. The Balaban J connectivity index is 0. The van der Waals surface area contributed by atoms with E-state index in [2.05, 4.69) is 48.6 Å². The first-order valence-electron chi connectivity index (χ1n) is 8.59. The smallest absolute Gasteiger partial charge is 0.408 e. The molecule has 24 heavy (non-hydrogen) atoms. The van der Waals surface area contributed by atoms with Gasteiger partial charge in [0.2, 0.25) is 0 Å². The quantitative estimate of drug-likeness (QED) is 0.311. The van der Waals surface area contributed by atoms with Crippen molar-refractivity contribution in [2.75, 3.05) is 13.6 Å². The van der Waals surface area contributed by atoms with E-state index in [9.17, 15) is 4.79 Å². The highest BCUT2D eigenvalue weighted by molar-refractivity contribution is 14.0. The molecule has 7 heteroatoms. The Morgan fingerprint density at radius 1 is 1.17 bits per heavy atom. The fourth-order valence-electron chi connectivity index (χ4n) is 2.02. The second-order valence-electron chi connectivity index (χ2n) is 6.99. The third-order valence-electron chi connectivity index (χ3n) is 3.93. The van der Waals surface area contributed by atoms with Crippen LogP contribution < -0.4 is 16.0 Å². The second-order valence-corrected chi connectivity index (χ2v) is 6.99. The first-order valence-corrected chi connectivity index (χ1v) is 8.59. The molecule has 0 saturated heterocycles. The van der Waals surface area contributed by atoms with E-state index in [1.54, 1.807) is 7.05 Å². The maximum absolute atomic E-state index is 12.1. The number of aliphatic imine (C=N–C) groups is 1. The van der Waals surface area contributed by atoms with Gasteiger partial charge >= 0.3 is 6.09 Å². The third kappa shape index (κ3) is 10.2. The molecule has 0 spiro atoms. The van der Waals surface area contributed by atoms with Crippen molar-refractivity contribution in [3.05, 3.63) is 0 Å². The average molecular weight is 456 g/mol. The molecule has 0 aliphatic heterocycles. The Bertz CT molecular complexity index is 391. The van der Waals surface area contributed by atoms with E-state index in [-0.39, 0.29) is 35.6 Å². The summed E-state index contributed by atoms with van der Waals surface area (Å²) in [6, 6.07) is 0.345. The van der Waals surface area contributed by atoms with Gasteiger partial charge in [0.05, 0.1) is 5.54 Å². The van der Waals surface area contributed by atoms with Crippen LogP contribution in [0.5, 0.6) is 0 Å². The monoisotopic (exact) mass is 456 g/mol. The lowest BCUT2D eigenvalue weighted by molar-refractivity contribution is 0.0448. The number of halogens is 1. The topological polar surface area (TPSA) is 74.8 Å². The minimum absolute atomic E-state index is 0. The van der Waals surface area contributed by atoms with E-state index in [4.69, 9.17) is 4.74 Å². The molecule has 0 heterocycles. The van der Waals surface area contributed by atoms with Crippen molar-refractivity contribution >= 4 is 36.0 Å². The zero-order valence-electron chi connectivity index (χ0n) is 16.6. The minimum atomic E-state index is -0.501. The van der Waals surface area contributed by atoms with Crippen molar-refractivity contribution in [2.45, 2.75) is 84.9 Å². The molecule has 1 unspecified atom stereocenters. The second kappa shape index (κ2) is 11.8. The summed E-state index contributed by atoms with van der Waals surface area (Å²) < 4.78 is 5.39. The number of amides is 1. The fraction of sp³-hybridized carbons (Fsp3) is 0.882. The van der Waals surface area contributed by atoms with Gasteiger partial charge in [0.15, 0.2) is 5.96 Å². The number of nitrogens with one attached hydrogen (secondary N) is 3. The van der Waals surface area contributed by atoms with E-state index >= 15 is 0 Å². The Kier molecular flexibility index (Phi) is 12.5. The van der Waals surface area contributed by atoms with Gasteiger partial charge in [-0.3, -0.25) is 4.99 Å². The standard InChI is InChI=1S/C17H36N4O2.HI/c1-9-13(4)20-14(18-8)19-12-17(10-2,11-3)21-15(22)23-16(5,6)7;/h13H,9-12H2,1-8H3,(H,21,22)(H2,18,19,20);1H. The molecule has 0 aromatic carbocycles. The van der Waals surface area contributed by atoms with Crippen LogP contribution in [0.15, 0.2) is 4.99 Å². The van der Waals surface area contributed by atoms with E-state index in [1.807, 2.05) is 20.8 Å². The molecule has 144 valence electrons. The van der Waals surface area contributed by atoms with Crippen LogP contribution in [0.4, 0.5) is 4.79 Å². The van der Waals surface area contributed by atoms with Gasteiger partial charge < -0.3 is 20.7 Å². The van der Waals surface area contributed by atoms with Crippen LogP contribution >= 0.6 is 24.0 Å². The Labute approximate surface area is 165 Å². The van der Waals surface area contributed by atoms with Crippen LogP contribution in [-0.4, -0.2) is 42.8 Å². The number of hydrogen-bond donors (Lipinski definition) is 3.